The molecule has 2 aliphatic heterocycles. The van der Waals surface area contributed by atoms with Gasteiger partial charge in [-0.1, -0.05) is 12.1 Å². The average molecular weight is 492 g/mol. The van der Waals surface area contributed by atoms with E-state index in [0.29, 0.717) is 71.4 Å². The van der Waals surface area contributed by atoms with Gasteiger partial charge in [0, 0.05) is 31.7 Å². The number of carbonyl (C=O) groups is 3. The minimum absolute atomic E-state index is 0.143. The van der Waals surface area contributed by atoms with Gasteiger partial charge in [-0.3, -0.25) is 19.7 Å². The molecule has 1 fully saturated rings. The molecule has 194 valence electrons. The molecule has 0 bridgehead atoms. The number of fused-ring (bicyclic) bond motifs is 1. The molecule has 35 heavy (non-hydrogen) atoms. The van der Waals surface area contributed by atoms with Crippen molar-refractivity contribution in [1.82, 2.24) is 15.5 Å². The molecule has 2 N–H and O–H groups in total. The molecule has 1 saturated heterocycles. The highest BCUT2D eigenvalue weighted by molar-refractivity contribution is 6.05. The number of nitrogens with zero attached hydrogens (tertiary/aromatic N) is 1. The second kappa shape index (κ2) is 14.9. The largest absolute Gasteiger partial charge is 0.379 e. The fourth-order valence-electron chi connectivity index (χ4n) is 4.18. The third-order valence-corrected chi connectivity index (χ3v) is 6.03. The Labute approximate surface area is 206 Å². The molecule has 0 saturated carbocycles. The number of hydrogen-bond donors (Lipinski definition) is 2. The molecule has 0 radical (unpaired) electrons. The Hall–Kier alpha value is -2.37. The second-order valence-corrected chi connectivity index (χ2v) is 8.50. The number of rotatable bonds is 17. The molecule has 10 nitrogen and oxygen atoms in total. The number of imide groups is 1. The van der Waals surface area contributed by atoms with E-state index in [1.807, 2.05) is 25.2 Å². The van der Waals surface area contributed by atoms with Crippen LogP contribution < -0.4 is 10.6 Å². The Kier molecular flexibility index (Phi) is 11.6. The van der Waals surface area contributed by atoms with Crippen molar-refractivity contribution in [2.45, 2.75) is 38.3 Å². The van der Waals surface area contributed by atoms with Crippen LogP contribution in [0.5, 0.6) is 0 Å². The van der Waals surface area contributed by atoms with Gasteiger partial charge < -0.3 is 29.2 Å². The van der Waals surface area contributed by atoms with Crippen molar-refractivity contribution in [3.05, 3.63) is 34.9 Å². The molecule has 2 aliphatic rings. The molecule has 2 heterocycles. The molecular formula is C25H37N3O7. The van der Waals surface area contributed by atoms with Crippen LogP contribution in [0.4, 0.5) is 0 Å². The Morgan fingerprint density at radius 1 is 0.943 bits per heavy atom. The predicted octanol–water partition coefficient (Wildman–Crippen LogP) is 0.666. The van der Waals surface area contributed by atoms with Crippen LogP contribution in [-0.2, 0) is 41.5 Å². The lowest BCUT2D eigenvalue weighted by Crippen LogP contribution is -2.52. The van der Waals surface area contributed by atoms with Gasteiger partial charge in [0.15, 0.2) is 0 Å². The lowest BCUT2D eigenvalue weighted by atomic mass is 10.00. The van der Waals surface area contributed by atoms with Gasteiger partial charge in [-0.2, -0.15) is 0 Å². The first-order valence-electron chi connectivity index (χ1n) is 12.3. The Balaban J connectivity index is 1.27. The number of ether oxygens (including phenoxy) is 4. The number of piperidine rings is 1. The maximum atomic E-state index is 12.9. The van der Waals surface area contributed by atoms with Gasteiger partial charge >= 0.3 is 0 Å². The van der Waals surface area contributed by atoms with Crippen molar-refractivity contribution in [3.63, 3.8) is 0 Å². The number of likely N-dealkylation sites (N-methyl/N-ethyl adjacent to an activating group) is 1. The fraction of sp³-hybridized carbons (Fsp3) is 0.640. The maximum absolute atomic E-state index is 12.9. The summed E-state index contributed by atoms with van der Waals surface area (Å²) in [4.78, 5) is 38.2. The maximum Gasteiger partial charge on any atom is 0.255 e. The third kappa shape index (κ3) is 8.36. The van der Waals surface area contributed by atoms with E-state index in [1.165, 1.54) is 0 Å². The van der Waals surface area contributed by atoms with Crippen LogP contribution in [0, 0.1) is 0 Å². The molecule has 0 spiro atoms. The fourth-order valence-corrected chi connectivity index (χ4v) is 4.18. The van der Waals surface area contributed by atoms with Crippen molar-refractivity contribution >= 4 is 17.7 Å². The molecule has 1 atom stereocenters. The zero-order chi connectivity index (χ0) is 24.9. The molecule has 1 unspecified atom stereocenters. The summed E-state index contributed by atoms with van der Waals surface area (Å²) in [6.45, 7) is 5.73. The lowest BCUT2D eigenvalue weighted by Gasteiger charge is -2.29. The molecule has 3 amide bonds. The van der Waals surface area contributed by atoms with Crippen LogP contribution in [0.15, 0.2) is 18.2 Å². The topological polar surface area (TPSA) is 115 Å². The first kappa shape index (κ1) is 27.2. The van der Waals surface area contributed by atoms with Gasteiger partial charge in [0.05, 0.1) is 46.2 Å². The minimum atomic E-state index is -0.592. The van der Waals surface area contributed by atoms with Gasteiger partial charge in [-0.15, -0.1) is 0 Å². The van der Waals surface area contributed by atoms with Crippen molar-refractivity contribution in [2.75, 3.05) is 66.4 Å². The highest BCUT2D eigenvalue weighted by Crippen LogP contribution is 2.30. The zero-order valence-electron chi connectivity index (χ0n) is 20.5. The van der Waals surface area contributed by atoms with Crippen molar-refractivity contribution in [3.8, 4) is 0 Å². The van der Waals surface area contributed by atoms with Crippen LogP contribution in [0.1, 0.15) is 40.7 Å². The van der Waals surface area contributed by atoms with Gasteiger partial charge in [0.1, 0.15) is 6.04 Å². The summed E-state index contributed by atoms with van der Waals surface area (Å²) in [6, 6.07) is 5.12. The quantitative estimate of drug-likeness (QED) is 0.241. The van der Waals surface area contributed by atoms with E-state index < -0.39 is 6.04 Å². The number of amides is 3. The van der Waals surface area contributed by atoms with E-state index in [1.54, 1.807) is 4.90 Å². The van der Waals surface area contributed by atoms with E-state index >= 15 is 0 Å². The second-order valence-electron chi connectivity index (χ2n) is 8.50. The number of hydrogen-bond acceptors (Lipinski definition) is 8. The van der Waals surface area contributed by atoms with E-state index in [-0.39, 0.29) is 24.1 Å². The van der Waals surface area contributed by atoms with Crippen molar-refractivity contribution < 1.29 is 33.3 Å². The third-order valence-electron chi connectivity index (χ3n) is 6.03. The van der Waals surface area contributed by atoms with E-state index in [0.717, 1.165) is 30.5 Å². The Bertz CT molecular complexity index is 848. The smallest absolute Gasteiger partial charge is 0.255 e. The normalized spacial score (nSPS) is 17.7. The molecule has 1 aromatic carbocycles. The van der Waals surface area contributed by atoms with E-state index in [4.69, 9.17) is 18.9 Å². The van der Waals surface area contributed by atoms with Crippen LogP contribution in [-0.4, -0.2) is 95.1 Å². The molecule has 10 heteroatoms. The van der Waals surface area contributed by atoms with Crippen LogP contribution in [0.25, 0.3) is 0 Å². The summed E-state index contributed by atoms with van der Waals surface area (Å²) >= 11 is 0. The standard InChI is InChI=1S/C25H37N3O7/c1-26-9-11-33-13-15-35-17-16-34-14-12-32-10-3-5-19-4-2-6-20-21(19)18-28(25(20)31)22-7-8-23(29)27-24(22)30/h2,4,6,22,26H,3,5,7-18H2,1H3,(H,27,29,30). The summed E-state index contributed by atoms with van der Waals surface area (Å²) in [5.74, 6) is -0.813. The van der Waals surface area contributed by atoms with Gasteiger partial charge in [-0.05, 0) is 43.5 Å². The zero-order valence-corrected chi connectivity index (χ0v) is 20.5. The Morgan fingerprint density at radius 2 is 1.60 bits per heavy atom. The monoisotopic (exact) mass is 491 g/mol. The van der Waals surface area contributed by atoms with Gasteiger partial charge in [0.2, 0.25) is 11.8 Å². The van der Waals surface area contributed by atoms with Gasteiger partial charge in [-0.25, -0.2) is 0 Å². The average Bonchev–Trinajstić information content (AvgIpc) is 3.18. The number of carbonyl (C=O) groups excluding carboxylic acids is 3. The Morgan fingerprint density at radius 3 is 2.26 bits per heavy atom. The molecule has 0 aromatic heterocycles. The van der Waals surface area contributed by atoms with Crippen molar-refractivity contribution in [2.24, 2.45) is 0 Å². The number of aryl methyl sites for hydroxylation is 1. The molecule has 3 rings (SSSR count). The van der Waals surface area contributed by atoms with Crippen LogP contribution >= 0.6 is 0 Å². The highest BCUT2D eigenvalue weighted by atomic mass is 16.6. The minimum Gasteiger partial charge on any atom is -0.379 e. The van der Waals surface area contributed by atoms with E-state index in [9.17, 15) is 14.4 Å². The SMILES string of the molecule is CNCCOCCOCCOCCOCCCc1cccc2c1CN(C1CCC(=O)NC1=O)C2=O. The summed E-state index contributed by atoms with van der Waals surface area (Å²) in [5.41, 5.74) is 2.71. The summed E-state index contributed by atoms with van der Waals surface area (Å²) in [5, 5.41) is 5.35. The highest BCUT2D eigenvalue weighted by Gasteiger charge is 2.39. The number of benzene rings is 1. The van der Waals surface area contributed by atoms with E-state index in [2.05, 4.69) is 10.6 Å². The molecular weight excluding hydrogens is 454 g/mol. The first-order valence-corrected chi connectivity index (χ1v) is 12.3. The first-order chi connectivity index (χ1) is 17.1. The summed E-state index contributed by atoms with van der Waals surface area (Å²) in [6.07, 6.45) is 2.22. The van der Waals surface area contributed by atoms with Crippen molar-refractivity contribution in [1.29, 1.82) is 0 Å². The van der Waals surface area contributed by atoms with Gasteiger partial charge in [0.25, 0.3) is 5.91 Å². The predicted molar refractivity (Wildman–Crippen MR) is 128 cm³/mol. The molecule has 1 aromatic rings. The number of nitrogens with one attached hydrogen (secondary N) is 2. The summed E-state index contributed by atoms with van der Waals surface area (Å²) in [7, 11) is 1.89. The van der Waals surface area contributed by atoms with Crippen LogP contribution in [0.2, 0.25) is 0 Å². The van der Waals surface area contributed by atoms with Crippen LogP contribution in [0.3, 0.4) is 0 Å². The molecule has 0 aliphatic carbocycles. The summed E-state index contributed by atoms with van der Waals surface area (Å²) < 4.78 is 22.0. The lowest BCUT2D eigenvalue weighted by molar-refractivity contribution is -0.136.